The zero-order valence-corrected chi connectivity index (χ0v) is 12.0. The highest BCUT2D eigenvalue weighted by molar-refractivity contribution is 9.10. The molecule has 0 unspecified atom stereocenters. The SMILES string of the molecule is NNC(=O)CCCCCSc1cccc(Br)c1. The Morgan fingerprint density at radius 3 is 2.88 bits per heavy atom. The minimum atomic E-state index is -0.0790. The van der Waals surface area contributed by atoms with Gasteiger partial charge in [-0.2, -0.15) is 0 Å². The molecule has 0 heterocycles. The quantitative estimate of drug-likeness (QED) is 0.267. The third-order valence-corrected chi connectivity index (χ3v) is 3.85. The minimum absolute atomic E-state index is 0.0790. The fourth-order valence-corrected chi connectivity index (χ4v) is 2.90. The number of thioether (sulfide) groups is 1. The Hall–Kier alpha value is -0.520. The Morgan fingerprint density at radius 1 is 1.35 bits per heavy atom. The van der Waals surface area contributed by atoms with Crippen LogP contribution < -0.4 is 11.3 Å². The number of hydrogen-bond acceptors (Lipinski definition) is 3. The molecule has 0 spiro atoms. The number of nitrogens with two attached hydrogens (primary N) is 1. The monoisotopic (exact) mass is 316 g/mol. The van der Waals surface area contributed by atoms with Crippen LogP contribution in [0, 0.1) is 0 Å². The van der Waals surface area contributed by atoms with Crippen molar-refractivity contribution in [1.82, 2.24) is 5.43 Å². The Bertz CT molecular complexity index is 360. The summed E-state index contributed by atoms with van der Waals surface area (Å²) in [5, 5.41) is 0. The van der Waals surface area contributed by atoms with Gasteiger partial charge in [0.2, 0.25) is 5.91 Å². The van der Waals surface area contributed by atoms with Gasteiger partial charge in [-0.1, -0.05) is 28.4 Å². The molecule has 1 aromatic carbocycles. The van der Waals surface area contributed by atoms with Crippen molar-refractivity contribution >= 4 is 33.6 Å². The first-order valence-electron chi connectivity index (χ1n) is 5.60. The van der Waals surface area contributed by atoms with Crippen molar-refractivity contribution in [1.29, 1.82) is 0 Å². The minimum Gasteiger partial charge on any atom is -0.294 e. The molecule has 0 atom stereocenters. The van der Waals surface area contributed by atoms with Crippen LogP contribution in [0.4, 0.5) is 0 Å². The Balaban J connectivity index is 2.06. The number of benzene rings is 1. The molecule has 3 nitrogen and oxygen atoms in total. The summed E-state index contributed by atoms with van der Waals surface area (Å²) in [6.07, 6.45) is 3.61. The van der Waals surface area contributed by atoms with Gasteiger partial charge in [-0.25, -0.2) is 5.84 Å². The lowest BCUT2D eigenvalue weighted by Crippen LogP contribution is -2.29. The largest absolute Gasteiger partial charge is 0.294 e. The van der Waals surface area contributed by atoms with Crippen LogP contribution in [-0.2, 0) is 4.79 Å². The van der Waals surface area contributed by atoms with Crippen LogP contribution in [0.2, 0.25) is 0 Å². The second-order valence-electron chi connectivity index (χ2n) is 3.68. The number of nitrogens with one attached hydrogen (secondary N) is 1. The number of halogens is 1. The molecule has 94 valence electrons. The lowest BCUT2D eigenvalue weighted by Gasteiger charge is -2.02. The molecule has 0 radical (unpaired) electrons. The lowest BCUT2D eigenvalue weighted by atomic mass is 10.2. The molecular formula is C12H17BrN2OS. The standard InChI is InChI=1S/C12H17BrN2OS/c13-10-5-4-6-11(9-10)17-8-3-1-2-7-12(16)15-14/h4-6,9H,1-3,7-8,14H2,(H,15,16). The van der Waals surface area contributed by atoms with Gasteiger partial charge in [0, 0.05) is 15.8 Å². The van der Waals surface area contributed by atoms with E-state index >= 15 is 0 Å². The van der Waals surface area contributed by atoms with Crippen molar-refractivity contribution in [3.8, 4) is 0 Å². The van der Waals surface area contributed by atoms with E-state index in [1.807, 2.05) is 23.9 Å². The van der Waals surface area contributed by atoms with E-state index in [0.717, 1.165) is 29.5 Å². The van der Waals surface area contributed by atoms with Gasteiger partial charge in [0.1, 0.15) is 0 Å². The number of rotatable bonds is 7. The summed E-state index contributed by atoms with van der Waals surface area (Å²) in [7, 11) is 0. The smallest absolute Gasteiger partial charge is 0.233 e. The van der Waals surface area contributed by atoms with Crippen LogP contribution in [0.5, 0.6) is 0 Å². The predicted octanol–water partition coefficient (Wildman–Crippen LogP) is 3.09. The molecule has 1 aromatic rings. The van der Waals surface area contributed by atoms with E-state index in [-0.39, 0.29) is 5.91 Å². The first kappa shape index (κ1) is 14.5. The van der Waals surface area contributed by atoms with Crippen LogP contribution in [0.25, 0.3) is 0 Å². The van der Waals surface area contributed by atoms with E-state index < -0.39 is 0 Å². The maximum Gasteiger partial charge on any atom is 0.233 e. The summed E-state index contributed by atoms with van der Waals surface area (Å²) in [6, 6.07) is 8.29. The number of carbonyl (C=O) groups is 1. The van der Waals surface area contributed by atoms with Gasteiger partial charge < -0.3 is 0 Å². The molecule has 5 heteroatoms. The average molecular weight is 317 g/mol. The van der Waals surface area contributed by atoms with E-state index in [4.69, 9.17) is 5.84 Å². The van der Waals surface area contributed by atoms with Crippen molar-refractivity contribution in [2.24, 2.45) is 5.84 Å². The third-order valence-electron chi connectivity index (χ3n) is 2.27. The fourth-order valence-electron chi connectivity index (χ4n) is 1.38. The Labute approximate surface area is 115 Å². The molecular weight excluding hydrogens is 300 g/mol. The number of hydrogen-bond donors (Lipinski definition) is 2. The number of hydrazine groups is 1. The van der Waals surface area contributed by atoms with E-state index in [1.54, 1.807) is 0 Å². The first-order valence-corrected chi connectivity index (χ1v) is 7.38. The van der Waals surface area contributed by atoms with Crippen LogP contribution in [0.15, 0.2) is 33.6 Å². The van der Waals surface area contributed by atoms with Crippen molar-refractivity contribution in [3.63, 3.8) is 0 Å². The predicted molar refractivity (Wildman–Crippen MR) is 75.7 cm³/mol. The molecule has 1 rings (SSSR count). The molecule has 0 fully saturated rings. The number of amides is 1. The molecule has 0 saturated heterocycles. The topological polar surface area (TPSA) is 55.1 Å². The van der Waals surface area contributed by atoms with E-state index in [2.05, 4.69) is 33.5 Å². The van der Waals surface area contributed by atoms with E-state index in [0.29, 0.717) is 6.42 Å². The molecule has 0 bridgehead atoms. The molecule has 0 aliphatic carbocycles. The van der Waals surface area contributed by atoms with Gasteiger partial charge in [-0.05, 0) is 36.8 Å². The van der Waals surface area contributed by atoms with E-state index in [1.165, 1.54) is 4.90 Å². The molecule has 17 heavy (non-hydrogen) atoms. The Kier molecular flexibility index (Phi) is 7.32. The second kappa shape index (κ2) is 8.55. The molecule has 1 amide bonds. The third kappa shape index (κ3) is 6.71. The second-order valence-corrected chi connectivity index (χ2v) is 5.77. The molecule has 0 aromatic heterocycles. The summed E-state index contributed by atoms with van der Waals surface area (Å²) in [5.74, 6) is 6.00. The molecule has 0 saturated carbocycles. The van der Waals surface area contributed by atoms with Crippen LogP contribution in [0.1, 0.15) is 25.7 Å². The summed E-state index contributed by atoms with van der Waals surface area (Å²) in [6.45, 7) is 0. The number of unbranched alkanes of at least 4 members (excludes halogenated alkanes) is 2. The normalized spacial score (nSPS) is 10.2. The summed E-state index contributed by atoms with van der Waals surface area (Å²) in [4.78, 5) is 12.1. The Morgan fingerprint density at radius 2 is 2.18 bits per heavy atom. The zero-order chi connectivity index (χ0) is 12.5. The van der Waals surface area contributed by atoms with Gasteiger partial charge in [0.15, 0.2) is 0 Å². The lowest BCUT2D eigenvalue weighted by molar-refractivity contribution is -0.121. The van der Waals surface area contributed by atoms with E-state index in [9.17, 15) is 4.79 Å². The fraction of sp³-hybridized carbons (Fsp3) is 0.417. The molecule has 0 aliphatic rings. The van der Waals surface area contributed by atoms with Gasteiger partial charge in [0.25, 0.3) is 0 Å². The highest BCUT2D eigenvalue weighted by Crippen LogP contribution is 2.23. The van der Waals surface area contributed by atoms with Crippen molar-refractivity contribution in [2.45, 2.75) is 30.6 Å². The summed E-state index contributed by atoms with van der Waals surface area (Å²) < 4.78 is 1.11. The summed E-state index contributed by atoms with van der Waals surface area (Å²) in [5.41, 5.74) is 2.14. The van der Waals surface area contributed by atoms with Gasteiger partial charge in [-0.15, -0.1) is 11.8 Å². The van der Waals surface area contributed by atoms with Crippen molar-refractivity contribution in [2.75, 3.05) is 5.75 Å². The zero-order valence-electron chi connectivity index (χ0n) is 9.62. The van der Waals surface area contributed by atoms with Crippen molar-refractivity contribution in [3.05, 3.63) is 28.7 Å². The maximum absolute atomic E-state index is 10.9. The van der Waals surface area contributed by atoms with Gasteiger partial charge >= 0.3 is 0 Å². The van der Waals surface area contributed by atoms with Gasteiger partial charge in [0.05, 0.1) is 0 Å². The molecule has 3 N–H and O–H groups in total. The molecule has 0 aliphatic heterocycles. The highest BCUT2D eigenvalue weighted by Gasteiger charge is 1.98. The highest BCUT2D eigenvalue weighted by atomic mass is 79.9. The van der Waals surface area contributed by atoms with Crippen molar-refractivity contribution < 1.29 is 4.79 Å². The maximum atomic E-state index is 10.9. The van der Waals surface area contributed by atoms with Crippen LogP contribution in [0.3, 0.4) is 0 Å². The average Bonchev–Trinajstić information content (AvgIpc) is 2.33. The number of carbonyl (C=O) groups excluding carboxylic acids is 1. The van der Waals surface area contributed by atoms with Crippen LogP contribution >= 0.6 is 27.7 Å². The van der Waals surface area contributed by atoms with Gasteiger partial charge in [-0.3, -0.25) is 10.2 Å². The summed E-state index contributed by atoms with van der Waals surface area (Å²) >= 11 is 5.29. The first-order chi connectivity index (χ1) is 8.22. The van der Waals surface area contributed by atoms with Crippen LogP contribution in [-0.4, -0.2) is 11.7 Å².